The molecule has 0 fully saturated rings. The maximum absolute atomic E-state index is 14.0. The van der Waals surface area contributed by atoms with Crippen LogP contribution in [0.2, 0.25) is 0 Å². The van der Waals surface area contributed by atoms with Gasteiger partial charge >= 0.3 is 0 Å². The van der Waals surface area contributed by atoms with Crippen molar-refractivity contribution in [1.29, 1.82) is 0 Å². The Hall–Kier alpha value is -2.53. The summed E-state index contributed by atoms with van der Waals surface area (Å²) in [5.74, 6) is -0.336. The largest absolute Gasteiger partial charge is 0.294 e. The molecule has 114 valence electrons. The smallest absolute Gasteiger partial charge is 0.271 e. The summed E-state index contributed by atoms with van der Waals surface area (Å²) < 4.78 is 16.9. The van der Waals surface area contributed by atoms with E-state index < -0.39 is 0 Å². The van der Waals surface area contributed by atoms with Crippen molar-refractivity contribution in [2.75, 3.05) is 0 Å². The Morgan fingerprint density at radius 3 is 2.87 bits per heavy atom. The summed E-state index contributed by atoms with van der Waals surface area (Å²) in [7, 11) is 0. The average molecular weight is 324 g/mol. The fourth-order valence-electron chi connectivity index (χ4n) is 2.79. The zero-order valence-corrected chi connectivity index (χ0v) is 13.2. The number of nitrogens with zero attached hydrogens (tertiary/aromatic N) is 2. The third kappa shape index (κ3) is 2.33. The second-order valence-corrected chi connectivity index (χ2v) is 6.61. The molecular formula is C18H13FN2OS. The van der Waals surface area contributed by atoms with E-state index in [1.807, 2.05) is 37.3 Å². The highest BCUT2D eigenvalue weighted by Crippen LogP contribution is 2.31. The van der Waals surface area contributed by atoms with Gasteiger partial charge in [-0.15, -0.1) is 11.3 Å². The first kappa shape index (κ1) is 14.1. The van der Waals surface area contributed by atoms with Crippen LogP contribution in [0.5, 0.6) is 0 Å². The van der Waals surface area contributed by atoms with Gasteiger partial charge in [0.05, 0.1) is 23.8 Å². The SMILES string of the molecule is Cc1cccc(Cn2cnc3c(sc4cccc(F)c43)c2=O)c1. The van der Waals surface area contributed by atoms with E-state index in [1.54, 1.807) is 10.6 Å². The van der Waals surface area contributed by atoms with Gasteiger partial charge in [0.1, 0.15) is 10.5 Å². The normalized spacial score (nSPS) is 11.4. The summed E-state index contributed by atoms with van der Waals surface area (Å²) in [6, 6.07) is 12.9. The third-order valence-corrected chi connectivity index (χ3v) is 4.99. The summed E-state index contributed by atoms with van der Waals surface area (Å²) in [6.07, 6.45) is 1.51. The minimum Gasteiger partial charge on any atom is -0.294 e. The maximum Gasteiger partial charge on any atom is 0.271 e. The Morgan fingerprint density at radius 1 is 1.22 bits per heavy atom. The molecule has 0 radical (unpaired) electrons. The number of halogens is 1. The van der Waals surface area contributed by atoms with Crippen molar-refractivity contribution >= 4 is 31.6 Å². The lowest BCUT2D eigenvalue weighted by Gasteiger charge is -2.06. The van der Waals surface area contributed by atoms with E-state index >= 15 is 0 Å². The molecule has 0 bridgehead atoms. The van der Waals surface area contributed by atoms with Crippen molar-refractivity contribution < 1.29 is 4.39 Å². The topological polar surface area (TPSA) is 34.9 Å². The number of thiophene rings is 1. The first-order valence-electron chi connectivity index (χ1n) is 7.25. The molecule has 0 saturated heterocycles. The van der Waals surface area contributed by atoms with Crippen LogP contribution in [0.3, 0.4) is 0 Å². The molecule has 23 heavy (non-hydrogen) atoms. The number of aromatic nitrogens is 2. The molecule has 0 aliphatic rings. The van der Waals surface area contributed by atoms with Gasteiger partial charge in [0, 0.05) is 4.70 Å². The minimum atomic E-state index is -0.336. The van der Waals surface area contributed by atoms with Gasteiger partial charge in [-0.3, -0.25) is 9.36 Å². The lowest BCUT2D eigenvalue weighted by Crippen LogP contribution is -2.20. The van der Waals surface area contributed by atoms with Gasteiger partial charge in [-0.25, -0.2) is 9.37 Å². The van der Waals surface area contributed by atoms with E-state index in [2.05, 4.69) is 4.98 Å². The molecule has 3 nitrogen and oxygen atoms in total. The highest BCUT2D eigenvalue weighted by atomic mass is 32.1. The molecule has 2 aromatic heterocycles. The Labute approximate surface area is 135 Å². The molecule has 0 amide bonds. The van der Waals surface area contributed by atoms with Crippen LogP contribution in [0, 0.1) is 12.7 Å². The lowest BCUT2D eigenvalue weighted by atomic mass is 10.1. The van der Waals surface area contributed by atoms with Gasteiger partial charge in [0.2, 0.25) is 0 Å². The van der Waals surface area contributed by atoms with Crippen LogP contribution in [0.25, 0.3) is 20.3 Å². The van der Waals surface area contributed by atoms with Crippen LogP contribution < -0.4 is 5.56 Å². The van der Waals surface area contributed by atoms with Crippen LogP contribution in [0.15, 0.2) is 53.6 Å². The number of benzene rings is 2. The zero-order chi connectivity index (χ0) is 16.0. The van der Waals surface area contributed by atoms with Crippen molar-refractivity contribution in [3.05, 3.63) is 76.1 Å². The zero-order valence-electron chi connectivity index (χ0n) is 12.4. The Balaban J connectivity index is 1.90. The van der Waals surface area contributed by atoms with Crippen molar-refractivity contribution in [3.63, 3.8) is 0 Å². The van der Waals surface area contributed by atoms with E-state index in [1.165, 1.54) is 23.7 Å². The highest BCUT2D eigenvalue weighted by Gasteiger charge is 2.14. The van der Waals surface area contributed by atoms with Crippen LogP contribution in [0.1, 0.15) is 11.1 Å². The average Bonchev–Trinajstić information content (AvgIpc) is 2.91. The molecule has 0 saturated carbocycles. The first-order chi connectivity index (χ1) is 11.1. The number of aryl methyl sites for hydroxylation is 1. The maximum atomic E-state index is 14.0. The van der Waals surface area contributed by atoms with Crippen LogP contribution in [0.4, 0.5) is 4.39 Å². The summed E-state index contributed by atoms with van der Waals surface area (Å²) >= 11 is 1.29. The highest BCUT2D eigenvalue weighted by molar-refractivity contribution is 7.25. The Morgan fingerprint density at radius 2 is 2.04 bits per heavy atom. The molecule has 4 aromatic rings. The molecule has 0 spiro atoms. The van der Waals surface area contributed by atoms with E-state index in [0.29, 0.717) is 22.1 Å². The van der Waals surface area contributed by atoms with E-state index in [0.717, 1.165) is 15.8 Å². The molecular weight excluding hydrogens is 311 g/mol. The second kappa shape index (κ2) is 5.28. The van der Waals surface area contributed by atoms with Crippen molar-refractivity contribution in [3.8, 4) is 0 Å². The summed E-state index contributed by atoms with van der Waals surface area (Å²) in [5, 5.41) is 0.437. The molecule has 4 rings (SSSR count). The number of hydrogen-bond acceptors (Lipinski definition) is 3. The summed E-state index contributed by atoms with van der Waals surface area (Å²) in [6.45, 7) is 2.47. The van der Waals surface area contributed by atoms with Crippen molar-refractivity contribution in [2.24, 2.45) is 0 Å². The second-order valence-electron chi connectivity index (χ2n) is 5.56. The molecule has 0 atom stereocenters. The molecule has 0 aliphatic carbocycles. The van der Waals surface area contributed by atoms with E-state index in [9.17, 15) is 9.18 Å². The number of fused-ring (bicyclic) bond motifs is 3. The molecule has 2 heterocycles. The summed E-state index contributed by atoms with van der Waals surface area (Å²) in [4.78, 5) is 17.1. The molecule has 0 aliphatic heterocycles. The fraction of sp³-hybridized carbons (Fsp3) is 0.111. The predicted octanol–water partition coefficient (Wildman–Crippen LogP) is 4.11. The molecule has 0 unspecified atom stereocenters. The van der Waals surface area contributed by atoms with E-state index in [4.69, 9.17) is 0 Å². The van der Waals surface area contributed by atoms with Crippen LogP contribution in [-0.2, 0) is 6.54 Å². The van der Waals surface area contributed by atoms with Gasteiger partial charge in [0.25, 0.3) is 5.56 Å². The minimum absolute atomic E-state index is 0.128. The first-order valence-corrected chi connectivity index (χ1v) is 8.07. The van der Waals surface area contributed by atoms with Gasteiger partial charge < -0.3 is 0 Å². The molecule has 0 N–H and O–H groups in total. The van der Waals surface area contributed by atoms with E-state index in [-0.39, 0.29) is 11.4 Å². The van der Waals surface area contributed by atoms with Crippen LogP contribution in [-0.4, -0.2) is 9.55 Å². The van der Waals surface area contributed by atoms with Gasteiger partial charge in [0.15, 0.2) is 0 Å². The molecule has 5 heteroatoms. The van der Waals surface area contributed by atoms with Crippen molar-refractivity contribution in [1.82, 2.24) is 9.55 Å². The van der Waals surface area contributed by atoms with Gasteiger partial charge in [-0.2, -0.15) is 0 Å². The number of rotatable bonds is 2. The predicted molar refractivity (Wildman–Crippen MR) is 91.6 cm³/mol. The molecule has 2 aromatic carbocycles. The fourth-order valence-corrected chi connectivity index (χ4v) is 3.91. The van der Waals surface area contributed by atoms with Crippen LogP contribution >= 0.6 is 11.3 Å². The lowest BCUT2D eigenvalue weighted by molar-refractivity contribution is 0.640. The monoisotopic (exact) mass is 324 g/mol. The Kier molecular flexibility index (Phi) is 3.23. The third-order valence-electron chi connectivity index (χ3n) is 3.86. The number of hydrogen-bond donors (Lipinski definition) is 0. The van der Waals surface area contributed by atoms with Gasteiger partial charge in [-0.05, 0) is 24.6 Å². The Bertz CT molecular complexity index is 1100. The van der Waals surface area contributed by atoms with Crippen molar-refractivity contribution in [2.45, 2.75) is 13.5 Å². The van der Waals surface area contributed by atoms with Gasteiger partial charge in [-0.1, -0.05) is 35.9 Å². The standard InChI is InChI=1S/C18H13FN2OS/c1-11-4-2-5-12(8-11)9-21-10-20-16-15-13(19)6-3-7-14(15)23-17(16)18(21)22/h2-8,10H,9H2,1H3. The quantitative estimate of drug-likeness (QED) is 0.556. The summed E-state index contributed by atoms with van der Waals surface area (Å²) in [5.41, 5.74) is 2.51.